The Balaban J connectivity index is 2.23. The third-order valence-corrected chi connectivity index (χ3v) is 2.81. The van der Waals surface area contributed by atoms with Crippen molar-refractivity contribution >= 4 is 5.91 Å². The molecule has 0 aliphatic heterocycles. The predicted molar refractivity (Wildman–Crippen MR) is 78.6 cm³/mol. The zero-order chi connectivity index (χ0) is 13.9. The molecule has 1 rings (SSSR count). The summed E-state index contributed by atoms with van der Waals surface area (Å²) in [6, 6.07) is 7.13. The molecule has 3 heteroatoms. The second kappa shape index (κ2) is 9.20. The zero-order valence-corrected chi connectivity index (χ0v) is 11.8. The van der Waals surface area contributed by atoms with E-state index in [2.05, 4.69) is 24.4 Å². The van der Waals surface area contributed by atoms with Gasteiger partial charge in [0.2, 0.25) is 0 Å². The van der Waals surface area contributed by atoms with Gasteiger partial charge in [-0.05, 0) is 43.5 Å². The van der Waals surface area contributed by atoms with E-state index in [9.17, 15) is 4.79 Å². The van der Waals surface area contributed by atoms with Crippen LogP contribution in [0.5, 0.6) is 5.75 Å². The minimum absolute atomic E-state index is 0.0276. The van der Waals surface area contributed by atoms with Gasteiger partial charge in [-0.3, -0.25) is 4.79 Å². The molecule has 0 spiro atoms. The molecule has 0 aliphatic carbocycles. The minimum Gasteiger partial charge on any atom is -0.497 e. The quantitative estimate of drug-likeness (QED) is 0.574. The molecular weight excluding hydrogens is 238 g/mol. The van der Waals surface area contributed by atoms with Crippen LogP contribution in [0.15, 0.2) is 36.4 Å². The number of carbonyl (C=O) groups excluding carboxylic acids is 1. The van der Waals surface area contributed by atoms with Gasteiger partial charge in [-0.15, -0.1) is 0 Å². The van der Waals surface area contributed by atoms with Gasteiger partial charge in [0, 0.05) is 12.1 Å². The Hall–Kier alpha value is -1.77. The Morgan fingerprint density at radius 2 is 1.89 bits per heavy atom. The summed E-state index contributed by atoms with van der Waals surface area (Å²) in [5.41, 5.74) is 0.669. The first-order chi connectivity index (χ1) is 9.27. The smallest absolute Gasteiger partial charge is 0.251 e. The molecule has 1 N–H and O–H groups in total. The highest BCUT2D eigenvalue weighted by Crippen LogP contribution is 2.11. The van der Waals surface area contributed by atoms with Crippen LogP contribution in [0, 0.1) is 0 Å². The summed E-state index contributed by atoms with van der Waals surface area (Å²) in [5, 5.41) is 2.91. The lowest BCUT2D eigenvalue weighted by Crippen LogP contribution is -2.24. The maximum Gasteiger partial charge on any atom is 0.251 e. The van der Waals surface area contributed by atoms with Crippen LogP contribution in [-0.2, 0) is 0 Å². The van der Waals surface area contributed by atoms with Crippen molar-refractivity contribution < 1.29 is 9.53 Å². The summed E-state index contributed by atoms with van der Waals surface area (Å²) >= 11 is 0. The summed E-state index contributed by atoms with van der Waals surface area (Å²) in [7, 11) is 1.61. The Morgan fingerprint density at radius 1 is 1.21 bits per heavy atom. The molecule has 0 unspecified atom stereocenters. The summed E-state index contributed by atoms with van der Waals surface area (Å²) in [4.78, 5) is 11.8. The maximum absolute atomic E-state index is 11.8. The highest BCUT2D eigenvalue weighted by molar-refractivity contribution is 5.94. The number of hydrogen-bond donors (Lipinski definition) is 1. The van der Waals surface area contributed by atoms with Crippen molar-refractivity contribution in [2.45, 2.75) is 32.6 Å². The number of rotatable bonds is 8. The highest BCUT2D eigenvalue weighted by Gasteiger charge is 2.03. The van der Waals surface area contributed by atoms with Crippen molar-refractivity contribution in [3.63, 3.8) is 0 Å². The second-order valence-electron chi connectivity index (χ2n) is 4.39. The number of hydrogen-bond acceptors (Lipinski definition) is 2. The molecule has 0 heterocycles. The molecule has 19 heavy (non-hydrogen) atoms. The molecule has 0 radical (unpaired) electrons. The van der Waals surface area contributed by atoms with E-state index in [1.807, 2.05) is 0 Å². The van der Waals surface area contributed by atoms with Gasteiger partial charge in [-0.25, -0.2) is 0 Å². The molecule has 104 valence electrons. The molecule has 0 saturated heterocycles. The first kappa shape index (κ1) is 15.3. The van der Waals surface area contributed by atoms with E-state index in [1.54, 1.807) is 31.4 Å². The highest BCUT2D eigenvalue weighted by atomic mass is 16.5. The van der Waals surface area contributed by atoms with Gasteiger partial charge in [-0.1, -0.05) is 25.5 Å². The fourth-order valence-corrected chi connectivity index (χ4v) is 1.67. The SMILES string of the molecule is CCC/C=C/CCCNC(=O)c1ccc(OC)cc1. The summed E-state index contributed by atoms with van der Waals surface area (Å²) < 4.78 is 5.05. The van der Waals surface area contributed by atoms with Crippen molar-refractivity contribution in [2.24, 2.45) is 0 Å². The molecule has 0 aliphatic rings. The van der Waals surface area contributed by atoms with Gasteiger partial charge in [-0.2, -0.15) is 0 Å². The maximum atomic E-state index is 11.8. The fourth-order valence-electron chi connectivity index (χ4n) is 1.67. The monoisotopic (exact) mass is 261 g/mol. The topological polar surface area (TPSA) is 38.3 Å². The van der Waals surface area contributed by atoms with Gasteiger partial charge in [0.15, 0.2) is 0 Å². The van der Waals surface area contributed by atoms with E-state index >= 15 is 0 Å². The van der Waals surface area contributed by atoms with Crippen LogP contribution in [-0.4, -0.2) is 19.6 Å². The molecule has 3 nitrogen and oxygen atoms in total. The lowest BCUT2D eigenvalue weighted by molar-refractivity contribution is 0.0953. The summed E-state index contributed by atoms with van der Waals surface area (Å²) in [5.74, 6) is 0.734. The number of methoxy groups -OCH3 is 1. The molecule has 0 atom stereocenters. The van der Waals surface area contributed by atoms with Crippen LogP contribution >= 0.6 is 0 Å². The van der Waals surface area contributed by atoms with Gasteiger partial charge in [0.05, 0.1) is 7.11 Å². The largest absolute Gasteiger partial charge is 0.497 e. The van der Waals surface area contributed by atoms with Crippen molar-refractivity contribution in [2.75, 3.05) is 13.7 Å². The average molecular weight is 261 g/mol. The Morgan fingerprint density at radius 3 is 2.53 bits per heavy atom. The number of benzene rings is 1. The molecule has 0 bridgehead atoms. The molecule has 1 amide bonds. The number of amides is 1. The van der Waals surface area contributed by atoms with E-state index in [-0.39, 0.29) is 5.91 Å². The molecule has 0 aromatic heterocycles. The first-order valence-corrected chi connectivity index (χ1v) is 6.85. The van der Waals surface area contributed by atoms with E-state index in [0.29, 0.717) is 12.1 Å². The van der Waals surface area contributed by atoms with Crippen LogP contribution in [0.25, 0.3) is 0 Å². The molecular formula is C16H23NO2. The molecule has 1 aromatic rings. The minimum atomic E-state index is -0.0276. The molecule has 0 saturated carbocycles. The van der Waals surface area contributed by atoms with Crippen LogP contribution in [0.4, 0.5) is 0 Å². The van der Waals surface area contributed by atoms with Crippen LogP contribution in [0.3, 0.4) is 0 Å². The zero-order valence-electron chi connectivity index (χ0n) is 11.8. The van der Waals surface area contributed by atoms with Crippen molar-refractivity contribution in [3.8, 4) is 5.75 Å². The van der Waals surface area contributed by atoms with Crippen LogP contribution in [0.1, 0.15) is 43.0 Å². The first-order valence-electron chi connectivity index (χ1n) is 6.85. The van der Waals surface area contributed by atoms with Crippen LogP contribution in [0.2, 0.25) is 0 Å². The summed E-state index contributed by atoms with van der Waals surface area (Å²) in [6.07, 6.45) is 8.70. The molecule has 1 aromatic carbocycles. The normalized spacial score (nSPS) is 10.6. The van der Waals surface area contributed by atoms with Gasteiger partial charge in [0.25, 0.3) is 5.91 Å². The Kier molecular flexibility index (Phi) is 7.40. The molecule has 0 fully saturated rings. The standard InChI is InChI=1S/C16H23NO2/c1-3-4-5-6-7-8-13-17-16(18)14-9-11-15(19-2)12-10-14/h5-6,9-12H,3-4,7-8,13H2,1-2H3,(H,17,18)/b6-5+. The van der Waals surface area contributed by atoms with Gasteiger partial charge < -0.3 is 10.1 Å². The average Bonchev–Trinajstić information content (AvgIpc) is 2.46. The summed E-state index contributed by atoms with van der Waals surface area (Å²) in [6.45, 7) is 2.88. The van der Waals surface area contributed by atoms with E-state index < -0.39 is 0 Å². The lowest BCUT2D eigenvalue weighted by Gasteiger charge is -2.05. The number of ether oxygens (including phenoxy) is 1. The second-order valence-corrected chi connectivity index (χ2v) is 4.39. The number of carbonyl (C=O) groups is 1. The fraction of sp³-hybridized carbons (Fsp3) is 0.438. The van der Waals surface area contributed by atoms with Gasteiger partial charge in [0.1, 0.15) is 5.75 Å². The third-order valence-electron chi connectivity index (χ3n) is 2.81. The Bertz CT molecular complexity index is 396. The van der Waals surface area contributed by atoms with E-state index in [0.717, 1.165) is 25.0 Å². The van der Waals surface area contributed by atoms with Crippen molar-refractivity contribution in [3.05, 3.63) is 42.0 Å². The van der Waals surface area contributed by atoms with Gasteiger partial charge >= 0.3 is 0 Å². The third kappa shape index (κ3) is 6.09. The number of allylic oxidation sites excluding steroid dienone is 2. The van der Waals surface area contributed by atoms with E-state index in [1.165, 1.54) is 6.42 Å². The van der Waals surface area contributed by atoms with E-state index in [4.69, 9.17) is 4.74 Å². The lowest BCUT2D eigenvalue weighted by atomic mass is 10.2. The predicted octanol–water partition coefficient (Wildman–Crippen LogP) is 3.56. The van der Waals surface area contributed by atoms with Crippen molar-refractivity contribution in [1.82, 2.24) is 5.32 Å². The Labute approximate surface area is 115 Å². The number of nitrogens with one attached hydrogen (secondary N) is 1. The van der Waals surface area contributed by atoms with Crippen LogP contribution < -0.4 is 10.1 Å². The number of unbranched alkanes of at least 4 members (excludes halogenated alkanes) is 2. The van der Waals surface area contributed by atoms with Crippen molar-refractivity contribution in [1.29, 1.82) is 0 Å².